The van der Waals surface area contributed by atoms with Crippen LogP contribution in [0.25, 0.3) is 11.3 Å². The van der Waals surface area contributed by atoms with Crippen molar-refractivity contribution >= 4 is 29.1 Å². The number of benzene rings is 2. The minimum absolute atomic E-state index is 0.143. The molecule has 1 atom stereocenters. The summed E-state index contributed by atoms with van der Waals surface area (Å²) in [4.78, 5) is 35.1. The topological polar surface area (TPSA) is 108 Å². The molecule has 1 aliphatic heterocycles. The van der Waals surface area contributed by atoms with Gasteiger partial charge in [-0.1, -0.05) is 23.7 Å². The normalized spacial score (nSPS) is 15.2. The second kappa shape index (κ2) is 8.61. The molecular formula is C22H15ClFN5O3. The van der Waals surface area contributed by atoms with E-state index in [1.807, 2.05) is 6.07 Å². The van der Waals surface area contributed by atoms with Crippen LogP contribution in [-0.2, 0) is 4.79 Å². The Morgan fingerprint density at radius 2 is 2.16 bits per heavy atom. The van der Waals surface area contributed by atoms with Crippen molar-refractivity contribution in [3.05, 3.63) is 70.9 Å². The standard InChI is InChI=1S/C22H15ClFN5O3/c1-29-17-6-5-12(9-25)7-18(17)32-11-16(22(29)31)27-21(30)20-26-10-15(23)19(28-20)13-3-2-4-14(24)8-13/h2-8,10,16H,11H2,1H3,(H,27,30)/t16-/m0/s1. The average molecular weight is 452 g/mol. The van der Waals surface area contributed by atoms with Crippen molar-refractivity contribution < 1.29 is 18.7 Å². The van der Waals surface area contributed by atoms with E-state index in [1.54, 1.807) is 25.2 Å². The summed E-state index contributed by atoms with van der Waals surface area (Å²) in [5.41, 5.74) is 1.42. The van der Waals surface area contributed by atoms with E-state index >= 15 is 0 Å². The summed E-state index contributed by atoms with van der Waals surface area (Å²) < 4.78 is 19.3. The number of nitriles is 1. The van der Waals surface area contributed by atoms with Crippen LogP contribution in [0.5, 0.6) is 5.75 Å². The van der Waals surface area contributed by atoms with Crippen molar-refractivity contribution in [3.63, 3.8) is 0 Å². The van der Waals surface area contributed by atoms with E-state index < -0.39 is 23.7 Å². The van der Waals surface area contributed by atoms with Crippen LogP contribution in [0.3, 0.4) is 0 Å². The van der Waals surface area contributed by atoms with Crippen LogP contribution in [0.1, 0.15) is 16.2 Å². The van der Waals surface area contributed by atoms with Crippen LogP contribution in [0.4, 0.5) is 10.1 Å². The Hall–Kier alpha value is -4.03. The first-order chi connectivity index (χ1) is 15.4. The van der Waals surface area contributed by atoms with Crippen molar-refractivity contribution in [2.24, 2.45) is 0 Å². The summed E-state index contributed by atoms with van der Waals surface area (Å²) in [5.74, 6) is -1.50. The summed E-state index contributed by atoms with van der Waals surface area (Å²) in [7, 11) is 1.54. The Morgan fingerprint density at radius 1 is 1.34 bits per heavy atom. The second-order valence-corrected chi connectivity index (χ2v) is 7.34. The molecule has 0 saturated heterocycles. The number of carbonyl (C=O) groups excluding carboxylic acids is 2. The molecule has 0 spiro atoms. The van der Waals surface area contributed by atoms with Gasteiger partial charge in [0, 0.05) is 18.7 Å². The predicted octanol–water partition coefficient (Wildman–Crippen LogP) is 2.96. The number of hydrogen-bond donors (Lipinski definition) is 1. The van der Waals surface area contributed by atoms with E-state index in [9.17, 15) is 14.0 Å². The molecule has 1 aliphatic rings. The molecule has 0 radical (unpaired) electrons. The summed E-state index contributed by atoms with van der Waals surface area (Å²) in [6, 6.07) is 11.3. The molecule has 4 rings (SSSR count). The number of amides is 2. The van der Waals surface area contributed by atoms with Crippen molar-refractivity contribution in [2.75, 3.05) is 18.6 Å². The quantitative estimate of drug-likeness (QED) is 0.655. The molecule has 32 heavy (non-hydrogen) atoms. The summed E-state index contributed by atoms with van der Waals surface area (Å²) in [5, 5.41) is 11.8. The van der Waals surface area contributed by atoms with Crippen molar-refractivity contribution in [3.8, 4) is 23.1 Å². The van der Waals surface area contributed by atoms with E-state index in [4.69, 9.17) is 21.6 Å². The molecular weight excluding hydrogens is 437 g/mol. The molecule has 2 amide bonds. The second-order valence-electron chi connectivity index (χ2n) is 6.93. The fourth-order valence-corrected chi connectivity index (χ4v) is 3.41. The van der Waals surface area contributed by atoms with Gasteiger partial charge in [-0.2, -0.15) is 5.26 Å². The highest BCUT2D eigenvalue weighted by molar-refractivity contribution is 6.33. The Morgan fingerprint density at radius 3 is 2.91 bits per heavy atom. The monoisotopic (exact) mass is 451 g/mol. The Labute approximate surface area is 187 Å². The molecule has 8 nitrogen and oxygen atoms in total. The summed E-state index contributed by atoms with van der Waals surface area (Å²) >= 11 is 6.14. The zero-order chi connectivity index (χ0) is 22.8. The number of nitrogens with zero attached hydrogens (tertiary/aromatic N) is 4. The maximum absolute atomic E-state index is 13.6. The maximum atomic E-state index is 13.6. The third-order valence-electron chi connectivity index (χ3n) is 4.84. The lowest BCUT2D eigenvalue weighted by molar-refractivity contribution is -0.120. The molecule has 3 aromatic rings. The van der Waals surface area contributed by atoms with Gasteiger partial charge in [-0.15, -0.1) is 0 Å². The van der Waals surface area contributed by atoms with Gasteiger partial charge in [0.2, 0.25) is 5.82 Å². The fraction of sp³-hybridized carbons (Fsp3) is 0.136. The minimum Gasteiger partial charge on any atom is -0.489 e. The van der Waals surface area contributed by atoms with Crippen LogP contribution < -0.4 is 15.0 Å². The highest BCUT2D eigenvalue weighted by atomic mass is 35.5. The Kier molecular flexibility index (Phi) is 5.71. The smallest absolute Gasteiger partial charge is 0.289 e. The van der Waals surface area contributed by atoms with E-state index in [0.717, 1.165) is 0 Å². The van der Waals surface area contributed by atoms with Gasteiger partial charge in [0.05, 0.1) is 34.2 Å². The molecule has 1 aromatic heterocycles. The molecule has 0 saturated carbocycles. The van der Waals surface area contributed by atoms with Gasteiger partial charge in [0.15, 0.2) is 0 Å². The first kappa shape index (κ1) is 21.2. The lowest BCUT2D eigenvalue weighted by Crippen LogP contribution is -2.49. The summed E-state index contributed by atoms with van der Waals surface area (Å²) in [6.07, 6.45) is 1.24. The highest BCUT2D eigenvalue weighted by Gasteiger charge is 2.31. The third-order valence-corrected chi connectivity index (χ3v) is 5.11. The summed E-state index contributed by atoms with van der Waals surface area (Å²) in [6.45, 7) is -0.152. The zero-order valence-corrected chi connectivity index (χ0v) is 17.4. The molecule has 0 fully saturated rings. The van der Waals surface area contributed by atoms with Gasteiger partial charge in [-0.25, -0.2) is 14.4 Å². The number of hydrogen-bond acceptors (Lipinski definition) is 6. The van der Waals surface area contributed by atoms with Gasteiger partial charge in [-0.05, 0) is 24.3 Å². The van der Waals surface area contributed by atoms with Crippen LogP contribution in [0, 0.1) is 17.1 Å². The molecule has 10 heteroatoms. The van der Waals surface area contributed by atoms with Gasteiger partial charge in [0.1, 0.15) is 24.2 Å². The number of ether oxygens (including phenoxy) is 1. The van der Waals surface area contributed by atoms with E-state index in [2.05, 4.69) is 15.3 Å². The van der Waals surface area contributed by atoms with E-state index in [1.165, 1.54) is 35.4 Å². The van der Waals surface area contributed by atoms with Crippen molar-refractivity contribution in [2.45, 2.75) is 6.04 Å². The molecule has 2 aromatic carbocycles. The first-order valence-electron chi connectivity index (χ1n) is 9.41. The van der Waals surface area contributed by atoms with E-state index in [-0.39, 0.29) is 23.1 Å². The maximum Gasteiger partial charge on any atom is 0.289 e. The number of carbonyl (C=O) groups is 2. The van der Waals surface area contributed by atoms with Crippen LogP contribution in [0.15, 0.2) is 48.7 Å². The highest BCUT2D eigenvalue weighted by Crippen LogP contribution is 2.31. The van der Waals surface area contributed by atoms with Crippen molar-refractivity contribution in [1.82, 2.24) is 15.3 Å². The Bertz CT molecular complexity index is 1280. The first-order valence-corrected chi connectivity index (χ1v) is 9.79. The third kappa shape index (κ3) is 4.08. The van der Waals surface area contributed by atoms with Crippen LogP contribution >= 0.6 is 11.6 Å². The lowest BCUT2D eigenvalue weighted by atomic mass is 10.1. The van der Waals surface area contributed by atoms with Gasteiger partial charge in [0.25, 0.3) is 11.8 Å². The molecule has 1 N–H and O–H groups in total. The number of halogens is 2. The molecule has 0 unspecified atom stereocenters. The molecule has 0 aliphatic carbocycles. The van der Waals surface area contributed by atoms with Crippen LogP contribution in [0.2, 0.25) is 5.02 Å². The van der Waals surface area contributed by atoms with Gasteiger partial charge >= 0.3 is 0 Å². The van der Waals surface area contributed by atoms with Crippen molar-refractivity contribution in [1.29, 1.82) is 5.26 Å². The number of likely N-dealkylation sites (N-methyl/N-ethyl adjacent to an activating group) is 1. The molecule has 2 heterocycles. The SMILES string of the molecule is CN1C(=O)[C@@H](NC(=O)c2ncc(Cl)c(-c3cccc(F)c3)n2)COc2cc(C#N)ccc21. The fourth-order valence-electron chi connectivity index (χ4n) is 3.21. The minimum atomic E-state index is -1.03. The Balaban J connectivity index is 1.57. The zero-order valence-electron chi connectivity index (χ0n) is 16.7. The van der Waals surface area contributed by atoms with Gasteiger partial charge < -0.3 is 15.0 Å². The molecule has 0 bridgehead atoms. The number of nitrogens with one attached hydrogen (secondary N) is 1. The predicted molar refractivity (Wildman–Crippen MR) is 114 cm³/mol. The number of fused-ring (bicyclic) bond motifs is 1. The van der Waals surface area contributed by atoms with Crippen LogP contribution in [-0.4, -0.2) is 41.5 Å². The van der Waals surface area contributed by atoms with Gasteiger partial charge in [-0.3, -0.25) is 9.59 Å². The average Bonchev–Trinajstić information content (AvgIpc) is 2.91. The number of rotatable bonds is 3. The largest absolute Gasteiger partial charge is 0.489 e. The lowest BCUT2D eigenvalue weighted by Gasteiger charge is -2.20. The molecule has 160 valence electrons. The number of aromatic nitrogens is 2. The van der Waals surface area contributed by atoms with E-state index in [0.29, 0.717) is 22.6 Å². The number of anilines is 1.